The second-order valence-electron chi connectivity index (χ2n) is 3.84. The van der Waals surface area contributed by atoms with Crippen molar-refractivity contribution >= 4 is 34.2 Å². The Balaban J connectivity index is 2.59. The van der Waals surface area contributed by atoms with E-state index in [-0.39, 0.29) is 5.38 Å². The molecule has 5 heteroatoms. The molecule has 0 aliphatic heterocycles. The first-order valence-corrected chi connectivity index (χ1v) is 6.24. The SMILES string of the molecule is COCCn1c(C(C)Cl)nc2c(Cl)cccc21. The molecule has 1 heterocycles. The summed E-state index contributed by atoms with van der Waals surface area (Å²) in [6.45, 7) is 3.24. The zero-order valence-corrected chi connectivity index (χ0v) is 11.3. The second kappa shape index (κ2) is 5.25. The van der Waals surface area contributed by atoms with E-state index in [0.717, 1.165) is 23.4 Å². The Bertz CT molecular complexity index is 522. The minimum atomic E-state index is -0.157. The first-order valence-electron chi connectivity index (χ1n) is 5.42. The lowest BCUT2D eigenvalue weighted by molar-refractivity contribution is 0.187. The van der Waals surface area contributed by atoms with Crippen LogP contribution in [0.25, 0.3) is 11.0 Å². The maximum Gasteiger partial charge on any atom is 0.127 e. The van der Waals surface area contributed by atoms with Crippen LogP contribution in [0.2, 0.25) is 5.02 Å². The first-order chi connectivity index (χ1) is 8.15. The number of aromatic nitrogens is 2. The molecule has 0 saturated heterocycles. The molecule has 0 aliphatic rings. The molecule has 0 amide bonds. The van der Waals surface area contributed by atoms with Crippen molar-refractivity contribution in [2.45, 2.75) is 18.8 Å². The molecule has 0 bridgehead atoms. The number of para-hydroxylation sites is 1. The van der Waals surface area contributed by atoms with Crippen molar-refractivity contribution in [3.8, 4) is 0 Å². The van der Waals surface area contributed by atoms with E-state index in [9.17, 15) is 0 Å². The molecule has 92 valence electrons. The first kappa shape index (κ1) is 12.7. The average Bonchev–Trinajstić information content (AvgIpc) is 2.67. The molecular weight excluding hydrogens is 259 g/mol. The van der Waals surface area contributed by atoms with E-state index >= 15 is 0 Å². The summed E-state index contributed by atoms with van der Waals surface area (Å²) in [4.78, 5) is 4.51. The molecule has 0 saturated carbocycles. The van der Waals surface area contributed by atoms with Gasteiger partial charge in [0.25, 0.3) is 0 Å². The molecule has 0 radical (unpaired) electrons. The van der Waals surface area contributed by atoms with Gasteiger partial charge in [0.1, 0.15) is 11.3 Å². The predicted octanol–water partition coefficient (Wildman–Crippen LogP) is 3.64. The van der Waals surface area contributed by atoms with Gasteiger partial charge in [-0.2, -0.15) is 0 Å². The summed E-state index contributed by atoms with van der Waals surface area (Å²) in [7, 11) is 1.68. The Morgan fingerprint density at radius 1 is 1.47 bits per heavy atom. The van der Waals surface area contributed by atoms with Gasteiger partial charge < -0.3 is 9.30 Å². The summed E-state index contributed by atoms with van der Waals surface area (Å²) in [5, 5.41) is 0.493. The number of methoxy groups -OCH3 is 1. The predicted molar refractivity (Wildman–Crippen MR) is 70.9 cm³/mol. The molecule has 0 N–H and O–H groups in total. The number of hydrogen-bond donors (Lipinski definition) is 0. The zero-order valence-electron chi connectivity index (χ0n) is 9.78. The molecule has 2 rings (SSSR count). The fourth-order valence-corrected chi connectivity index (χ4v) is 2.23. The normalized spacial score (nSPS) is 13.2. The van der Waals surface area contributed by atoms with Crippen molar-refractivity contribution in [1.82, 2.24) is 9.55 Å². The van der Waals surface area contributed by atoms with Crippen molar-refractivity contribution in [3.05, 3.63) is 29.0 Å². The zero-order chi connectivity index (χ0) is 12.4. The lowest BCUT2D eigenvalue weighted by Gasteiger charge is -2.09. The van der Waals surface area contributed by atoms with Crippen molar-refractivity contribution in [1.29, 1.82) is 0 Å². The number of nitrogens with zero attached hydrogens (tertiary/aromatic N) is 2. The summed E-state index contributed by atoms with van der Waals surface area (Å²) >= 11 is 12.3. The minimum absolute atomic E-state index is 0.157. The standard InChI is InChI=1S/C12H14Cl2N2O/c1-8(13)12-15-11-9(14)4-3-5-10(11)16(12)6-7-17-2/h3-5,8H,6-7H2,1-2H3. The topological polar surface area (TPSA) is 27.1 Å². The van der Waals surface area contributed by atoms with E-state index in [1.165, 1.54) is 0 Å². The summed E-state index contributed by atoms with van der Waals surface area (Å²) in [5.74, 6) is 0.826. The fourth-order valence-electron chi connectivity index (χ4n) is 1.85. The van der Waals surface area contributed by atoms with E-state index < -0.39 is 0 Å². The molecule has 1 atom stereocenters. The Labute approximate surface area is 110 Å². The largest absolute Gasteiger partial charge is 0.383 e. The molecular formula is C12H14Cl2N2O. The number of alkyl halides is 1. The third-order valence-corrected chi connectivity index (χ3v) is 3.13. The lowest BCUT2D eigenvalue weighted by atomic mass is 10.3. The monoisotopic (exact) mass is 272 g/mol. The Hall–Kier alpha value is -0.770. The average molecular weight is 273 g/mol. The van der Waals surface area contributed by atoms with Crippen LogP contribution in [0.3, 0.4) is 0 Å². The van der Waals surface area contributed by atoms with Crippen LogP contribution in [0.5, 0.6) is 0 Å². The molecule has 0 fully saturated rings. The molecule has 0 spiro atoms. The molecule has 0 aliphatic carbocycles. The molecule has 3 nitrogen and oxygen atoms in total. The van der Waals surface area contributed by atoms with Crippen LogP contribution in [-0.2, 0) is 11.3 Å². The van der Waals surface area contributed by atoms with Crippen LogP contribution in [-0.4, -0.2) is 23.3 Å². The summed E-state index contributed by atoms with van der Waals surface area (Å²) in [6.07, 6.45) is 0. The highest BCUT2D eigenvalue weighted by Crippen LogP contribution is 2.28. The molecule has 1 aromatic heterocycles. The van der Waals surface area contributed by atoms with Gasteiger partial charge in [0, 0.05) is 13.7 Å². The lowest BCUT2D eigenvalue weighted by Crippen LogP contribution is -2.08. The molecule has 1 aromatic carbocycles. The summed E-state index contributed by atoms with van der Waals surface area (Å²) in [5.41, 5.74) is 1.80. The van der Waals surface area contributed by atoms with Crippen LogP contribution >= 0.6 is 23.2 Å². The van der Waals surface area contributed by atoms with E-state index in [0.29, 0.717) is 11.6 Å². The van der Waals surface area contributed by atoms with Gasteiger partial charge in [0.2, 0.25) is 0 Å². The highest BCUT2D eigenvalue weighted by Gasteiger charge is 2.15. The van der Waals surface area contributed by atoms with Crippen LogP contribution in [0.4, 0.5) is 0 Å². The number of fused-ring (bicyclic) bond motifs is 1. The van der Waals surface area contributed by atoms with Gasteiger partial charge in [-0.05, 0) is 19.1 Å². The van der Waals surface area contributed by atoms with Gasteiger partial charge in [-0.3, -0.25) is 0 Å². The molecule has 17 heavy (non-hydrogen) atoms. The smallest absolute Gasteiger partial charge is 0.127 e. The number of imidazole rings is 1. The Kier molecular flexibility index (Phi) is 3.92. The van der Waals surface area contributed by atoms with Crippen LogP contribution < -0.4 is 0 Å². The van der Waals surface area contributed by atoms with Gasteiger partial charge in [0.15, 0.2) is 0 Å². The van der Waals surface area contributed by atoms with Crippen molar-refractivity contribution in [2.24, 2.45) is 0 Å². The molecule has 2 aromatic rings. The van der Waals surface area contributed by atoms with Crippen LogP contribution in [0, 0.1) is 0 Å². The Morgan fingerprint density at radius 2 is 2.24 bits per heavy atom. The van der Waals surface area contributed by atoms with E-state index in [4.69, 9.17) is 27.9 Å². The van der Waals surface area contributed by atoms with Gasteiger partial charge in [-0.15, -0.1) is 11.6 Å². The quantitative estimate of drug-likeness (QED) is 0.795. The number of benzene rings is 1. The highest BCUT2D eigenvalue weighted by atomic mass is 35.5. The molecule has 1 unspecified atom stereocenters. The van der Waals surface area contributed by atoms with E-state index in [1.54, 1.807) is 7.11 Å². The van der Waals surface area contributed by atoms with Crippen molar-refractivity contribution in [3.63, 3.8) is 0 Å². The third kappa shape index (κ3) is 2.41. The van der Waals surface area contributed by atoms with Gasteiger partial charge in [0.05, 0.1) is 22.5 Å². The van der Waals surface area contributed by atoms with Crippen LogP contribution in [0.1, 0.15) is 18.1 Å². The third-order valence-electron chi connectivity index (χ3n) is 2.63. The minimum Gasteiger partial charge on any atom is -0.383 e. The highest BCUT2D eigenvalue weighted by molar-refractivity contribution is 6.35. The van der Waals surface area contributed by atoms with Crippen molar-refractivity contribution < 1.29 is 4.74 Å². The van der Waals surface area contributed by atoms with Crippen LogP contribution in [0.15, 0.2) is 18.2 Å². The summed E-state index contributed by atoms with van der Waals surface area (Å²) < 4.78 is 7.16. The van der Waals surface area contributed by atoms with Gasteiger partial charge in [-0.1, -0.05) is 17.7 Å². The Morgan fingerprint density at radius 3 is 2.88 bits per heavy atom. The number of halogens is 2. The maximum absolute atomic E-state index is 6.14. The number of ether oxygens (including phenoxy) is 1. The van der Waals surface area contributed by atoms with Gasteiger partial charge >= 0.3 is 0 Å². The maximum atomic E-state index is 6.14. The summed E-state index contributed by atoms with van der Waals surface area (Å²) in [6, 6.07) is 5.74. The fraction of sp³-hybridized carbons (Fsp3) is 0.417. The number of hydrogen-bond acceptors (Lipinski definition) is 2. The van der Waals surface area contributed by atoms with Gasteiger partial charge in [-0.25, -0.2) is 4.98 Å². The van der Waals surface area contributed by atoms with Crippen molar-refractivity contribution in [2.75, 3.05) is 13.7 Å². The van der Waals surface area contributed by atoms with E-state index in [2.05, 4.69) is 9.55 Å². The number of rotatable bonds is 4. The van der Waals surface area contributed by atoms with E-state index in [1.807, 2.05) is 25.1 Å². The second-order valence-corrected chi connectivity index (χ2v) is 4.90.